The molecule has 0 heterocycles. The SMILES string of the molecule is Cc1cccc(NC(=O)N(CCCNC(=O)c2ccc(Cl)cc2)c2ccc(F)cc2)c1. The zero-order valence-corrected chi connectivity index (χ0v) is 17.8. The molecule has 0 aliphatic carbocycles. The smallest absolute Gasteiger partial charge is 0.326 e. The van der Waals surface area contributed by atoms with Crippen molar-refractivity contribution in [3.05, 3.63) is 94.8 Å². The molecule has 0 radical (unpaired) electrons. The molecule has 3 rings (SSSR count). The molecule has 3 amide bonds. The van der Waals surface area contributed by atoms with Crippen molar-refractivity contribution in [2.75, 3.05) is 23.3 Å². The number of carbonyl (C=O) groups is 2. The lowest BCUT2D eigenvalue weighted by Gasteiger charge is -2.23. The van der Waals surface area contributed by atoms with Crippen molar-refractivity contribution in [1.29, 1.82) is 0 Å². The van der Waals surface area contributed by atoms with E-state index in [1.807, 2.05) is 25.1 Å². The molecule has 3 aromatic rings. The molecule has 7 heteroatoms. The molecule has 2 N–H and O–H groups in total. The summed E-state index contributed by atoms with van der Waals surface area (Å²) in [7, 11) is 0. The van der Waals surface area contributed by atoms with E-state index in [4.69, 9.17) is 11.6 Å². The van der Waals surface area contributed by atoms with Crippen LogP contribution in [0, 0.1) is 12.7 Å². The van der Waals surface area contributed by atoms with Crippen molar-refractivity contribution >= 4 is 34.9 Å². The van der Waals surface area contributed by atoms with Gasteiger partial charge in [0.1, 0.15) is 5.82 Å². The summed E-state index contributed by atoms with van der Waals surface area (Å²) in [6.45, 7) is 2.65. The lowest BCUT2D eigenvalue weighted by atomic mass is 10.2. The normalized spacial score (nSPS) is 10.4. The minimum atomic E-state index is -0.377. The topological polar surface area (TPSA) is 61.4 Å². The number of anilines is 2. The number of hydrogen-bond donors (Lipinski definition) is 2. The summed E-state index contributed by atoms with van der Waals surface area (Å²) < 4.78 is 13.3. The summed E-state index contributed by atoms with van der Waals surface area (Å²) in [6, 6.07) is 19.5. The summed E-state index contributed by atoms with van der Waals surface area (Å²) in [6.07, 6.45) is 0.512. The third-order valence-electron chi connectivity index (χ3n) is 4.60. The van der Waals surface area contributed by atoms with Crippen LogP contribution in [-0.2, 0) is 0 Å². The van der Waals surface area contributed by atoms with Gasteiger partial charge in [-0.2, -0.15) is 0 Å². The molecule has 0 spiro atoms. The molecule has 0 saturated carbocycles. The summed E-state index contributed by atoms with van der Waals surface area (Å²) in [5.41, 5.74) is 2.77. The van der Waals surface area contributed by atoms with Crippen LogP contribution in [0.3, 0.4) is 0 Å². The van der Waals surface area contributed by atoms with Gasteiger partial charge in [0.2, 0.25) is 0 Å². The van der Waals surface area contributed by atoms with Gasteiger partial charge in [-0.05, 0) is 79.6 Å². The van der Waals surface area contributed by atoms with E-state index in [9.17, 15) is 14.0 Å². The molecule has 0 saturated heterocycles. The third kappa shape index (κ3) is 6.55. The average Bonchev–Trinajstić information content (AvgIpc) is 2.75. The van der Waals surface area contributed by atoms with Crippen molar-refractivity contribution in [2.24, 2.45) is 0 Å². The van der Waals surface area contributed by atoms with E-state index in [0.717, 1.165) is 5.56 Å². The zero-order valence-electron chi connectivity index (χ0n) is 17.1. The first-order chi connectivity index (χ1) is 14.9. The second-order valence-electron chi connectivity index (χ2n) is 7.04. The highest BCUT2D eigenvalue weighted by Gasteiger charge is 2.16. The Hall–Kier alpha value is -3.38. The molecule has 0 aliphatic heterocycles. The number of nitrogens with zero attached hydrogens (tertiary/aromatic N) is 1. The number of hydrogen-bond acceptors (Lipinski definition) is 2. The van der Waals surface area contributed by atoms with Crippen LogP contribution >= 0.6 is 11.6 Å². The maximum atomic E-state index is 13.3. The van der Waals surface area contributed by atoms with E-state index in [1.165, 1.54) is 17.0 Å². The van der Waals surface area contributed by atoms with Crippen LogP contribution in [0.2, 0.25) is 5.02 Å². The first-order valence-corrected chi connectivity index (χ1v) is 10.2. The van der Waals surface area contributed by atoms with Crippen LogP contribution in [0.1, 0.15) is 22.3 Å². The fourth-order valence-corrected chi connectivity index (χ4v) is 3.15. The largest absolute Gasteiger partial charge is 0.352 e. The number of amides is 3. The van der Waals surface area contributed by atoms with Crippen molar-refractivity contribution in [2.45, 2.75) is 13.3 Å². The van der Waals surface area contributed by atoms with Gasteiger partial charge in [0.15, 0.2) is 0 Å². The van der Waals surface area contributed by atoms with Gasteiger partial charge in [0.25, 0.3) is 5.91 Å². The number of halogens is 2. The highest BCUT2D eigenvalue weighted by molar-refractivity contribution is 6.30. The number of urea groups is 1. The van der Waals surface area contributed by atoms with Crippen molar-refractivity contribution in [3.63, 3.8) is 0 Å². The van der Waals surface area contributed by atoms with Crippen LogP contribution in [0.15, 0.2) is 72.8 Å². The molecule has 0 aromatic heterocycles. The molecule has 3 aromatic carbocycles. The second kappa shape index (κ2) is 10.6. The first-order valence-electron chi connectivity index (χ1n) is 9.87. The Morgan fingerprint density at radius 3 is 2.39 bits per heavy atom. The van der Waals surface area contributed by atoms with Crippen LogP contribution in [-0.4, -0.2) is 25.0 Å². The predicted molar refractivity (Wildman–Crippen MR) is 122 cm³/mol. The van der Waals surface area contributed by atoms with Crippen LogP contribution < -0.4 is 15.5 Å². The van der Waals surface area contributed by atoms with Gasteiger partial charge in [-0.25, -0.2) is 9.18 Å². The van der Waals surface area contributed by atoms with Gasteiger partial charge >= 0.3 is 6.03 Å². The van der Waals surface area contributed by atoms with E-state index < -0.39 is 0 Å². The maximum Gasteiger partial charge on any atom is 0.326 e. The van der Waals surface area contributed by atoms with Gasteiger partial charge in [-0.15, -0.1) is 0 Å². The highest BCUT2D eigenvalue weighted by Crippen LogP contribution is 2.18. The van der Waals surface area contributed by atoms with E-state index in [-0.39, 0.29) is 17.8 Å². The Balaban J connectivity index is 1.62. The molecule has 0 fully saturated rings. The Morgan fingerprint density at radius 1 is 1.00 bits per heavy atom. The molecular weight excluding hydrogens is 417 g/mol. The number of rotatable bonds is 7. The van der Waals surface area contributed by atoms with Gasteiger partial charge < -0.3 is 10.6 Å². The van der Waals surface area contributed by atoms with Gasteiger partial charge in [0, 0.05) is 35.1 Å². The number of nitrogens with one attached hydrogen (secondary N) is 2. The van der Waals surface area contributed by atoms with Crippen molar-refractivity contribution in [1.82, 2.24) is 5.32 Å². The minimum absolute atomic E-state index is 0.214. The van der Waals surface area contributed by atoms with Crippen LogP contribution in [0.4, 0.5) is 20.6 Å². The summed E-state index contributed by atoms with van der Waals surface area (Å²) in [5.74, 6) is -0.591. The van der Waals surface area contributed by atoms with E-state index in [1.54, 1.807) is 42.5 Å². The Morgan fingerprint density at radius 2 is 1.71 bits per heavy atom. The molecule has 0 atom stereocenters. The second-order valence-corrected chi connectivity index (χ2v) is 7.48. The first kappa shape index (κ1) is 22.3. The summed E-state index contributed by atoms with van der Waals surface area (Å²) in [4.78, 5) is 26.7. The highest BCUT2D eigenvalue weighted by atomic mass is 35.5. The quantitative estimate of drug-likeness (QED) is 0.467. The molecule has 0 bridgehead atoms. The summed E-state index contributed by atoms with van der Waals surface area (Å²) in [5, 5.41) is 6.26. The third-order valence-corrected chi connectivity index (χ3v) is 4.86. The molecule has 5 nitrogen and oxygen atoms in total. The summed E-state index contributed by atoms with van der Waals surface area (Å²) >= 11 is 5.84. The maximum absolute atomic E-state index is 13.3. The lowest BCUT2D eigenvalue weighted by molar-refractivity contribution is 0.0953. The molecule has 31 heavy (non-hydrogen) atoms. The molecule has 160 valence electrons. The average molecular weight is 440 g/mol. The Labute approximate surface area is 185 Å². The number of benzene rings is 3. The van der Waals surface area contributed by atoms with E-state index in [2.05, 4.69) is 10.6 Å². The van der Waals surface area contributed by atoms with Gasteiger partial charge in [-0.1, -0.05) is 23.7 Å². The van der Waals surface area contributed by atoms with Crippen LogP contribution in [0.5, 0.6) is 0 Å². The fourth-order valence-electron chi connectivity index (χ4n) is 3.03. The Kier molecular flexibility index (Phi) is 7.62. The molecule has 0 unspecified atom stereocenters. The number of aryl methyl sites for hydroxylation is 1. The monoisotopic (exact) mass is 439 g/mol. The van der Waals surface area contributed by atoms with E-state index >= 15 is 0 Å². The Bertz CT molecular complexity index is 1040. The molecule has 0 aliphatic rings. The fraction of sp³-hybridized carbons (Fsp3) is 0.167. The zero-order chi connectivity index (χ0) is 22.2. The standard InChI is InChI=1S/C24H23ClFN3O2/c1-17-4-2-5-21(16-17)28-24(31)29(22-12-10-20(26)11-13-22)15-3-14-27-23(30)18-6-8-19(25)9-7-18/h2,4-13,16H,3,14-15H2,1H3,(H,27,30)(H,28,31). The van der Waals surface area contributed by atoms with Crippen molar-refractivity contribution in [3.8, 4) is 0 Å². The number of carbonyl (C=O) groups excluding carboxylic acids is 2. The predicted octanol–water partition coefficient (Wildman–Crippen LogP) is 5.65. The lowest BCUT2D eigenvalue weighted by Crippen LogP contribution is -2.37. The van der Waals surface area contributed by atoms with Gasteiger partial charge in [0.05, 0.1) is 0 Å². The molecular formula is C24H23ClFN3O2. The van der Waals surface area contributed by atoms with Crippen molar-refractivity contribution < 1.29 is 14.0 Å². The minimum Gasteiger partial charge on any atom is -0.352 e. The van der Waals surface area contributed by atoms with E-state index in [0.29, 0.717) is 41.5 Å². The van der Waals surface area contributed by atoms with Crippen LogP contribution in [0.25, 0.3) is 0 Å². The van der Waals surface area contributed by atoms with Gasteiger partial charge in [-0.3, -0.25) is 9.69 Å².